The highest BCUT2D eigenvalue weighted by atomic mass is 35.5. The standard InChI is InChI=1S/C17H15ClN2O2/c1-11-19-17(20-22-11)16-8-7-15(21-2)10-13(16)9-12-3-5-14(18)6-4-12/h3-8,10H,9H2,1-2H3. The van der Waals surface area contributed by atoms with Gasteiger partial charge in [-0.2, -0.15) is 4.98 Å². The van der Waals surface area contributed by atoms with Crippen molar-refractivity contribution in [1.82, 2.24) is 10.1 Å². The molecule has 1 heterocycles. The Morgan fingerprint density at radius 2 is 1.91 bits per heavy atom. The molecule has 0 saturated heterocycles. The van der Waals surface area contributed by atoms with E-state index >= 15 is 0 Å². The van der Waals surface area contributed by atoms with Crippen LogP contribution in [0.25, 0.3) is 11.4 Å². The molecule has 0 unspecified atom stereocenters. The first-order valence-electron chi connectivity index (χ1n) is 6.88. The third-order valence-corrected chi connectivity index (χ3v) is 3.64. The summed E-state index contributed by atoms with van der Waals surface area (Å²) in [5.41, 5.74) is 3.16. The quantitative estimate of drug-likeness (QED) is 0.720. The highest BCUT2D eigenvalue weighted by molar-refractivity contribution is 6.30. The van der Waals surface area contributed by atoms with Crippen molar-refractivity contribution in [3.63, 3.8) is 0 Å². The first-order valence-corrected chi connectivity index (χ1v) is 7.25. The second kappa shape index (κ2) is 6.20. The highest BCUT2D eigenvalue weighted by Gasteiger charge is 2.12. The molecule has 1 aromatic heterocycles. The molecule has 112 valence electrons. The van der Waals surface area contributed by atoms with Gasteiger partial charge in [-0.3, -0.25) is 0 Å². The molecule has 0 spiro atoms. The monoisotopic (exact) mass is 314 g/mol. The second-order valence-corrected chi connectivity index (χ2v) is 5.40. The number of methoxy groups -OCH3 is 1. The van der Waals surface area contributed by atoms with E-state index in [4.69, 9.17) is 20.9 Å². The molecule has 0 aliphatic carbocycles. The maximum atomic E-state index is 5.94. The van der Waals surface area contributed by atoms with Crippen LogP contribution in [-0.2, 0) is 6.42 Å². The highest BCUT2D eigenvalue weighted by Crippen LogP contribution is 2.28. The van der Waals surface area contributed by atoms with Gasteiger partial charge in [0.05, 0.1) is 7.11 Å². The Labute approximate surface area is 133 Å². The summed E-state index contributed by atoms with van der Waals surface area (Å²) in [7, 11) is 1.65. The number of rotatable bonds is 4. The van der Waals surface area contributed by atoms with Crippen molar-refractivity contribution in [1.29, 1.82) is 0 Å². The molecule has 0 saturated carbocycles. The maximum absolute atomic E-state index is 5.94. The number of aromatic nitrogens is 2. The average molecular weight is 315 g/mol. The number of halogens is 1. The minimum Gasteiger partial charge on any atom is -0.497 e. The van der Waals surface area contributed by atoms with Crippen molar-refractivity contribution >= 4 is 11.6 Å². The van der Waals surface area contributed by atoms with Crippen LogP contribution in [0.1, 0.15) is 17.0 Å². The van der Waals surface area contributed by atoms with Gasteiger partial charge in [-0.25, -0.2) is 0 Å². The third kappa shape index (κ3) is 3.12. The van der Waals surface area contributed by atoms with Crippen LogP contribution in [0.5, 0.6) is 5.75 Å². The first kappa shape index (κ1) is 14.6. The van der Waals surface area contributed by atoms with Crippen LogP contribution in [0.2, 0.25) is 5.02 Å². The molecule has 22 heavy (non-hydrogen) atoms. The predicted octanol–water partition coefficient (Wildman–Crippen LogP) is 4.30. The van der Waals surface area contributed by atoms with Crippen molar-refractivity contribution in [3.8, 4) is 17.1 Å². The molecule has 0 aliphatic rings. The molecule has 5 heteroatoms. The number of nitrogens with zero attached hydrogens (tertiary/aromatic N) is 2. The largest absolute Gasteiger partial charge is 0.497 e. The smallest absolute Gasteiger partial charge is 0.223 e. The van der Waals surface area contributed by atoms with Crippen LogP contribution in [0.4, 0.5) is 0 Å². The SMILES string of the molecule is COc1ccc(-c2noc(C)n2)c(Cc2ccc(Cl)cc2)c1. The van der Waals surface area contributed by atoms with Gasteiger partial charge < -0.3 is 9.26 Å². The van der Waals surface area contributed by atoms with E-state index in [0.717, 1.165) is 33.9 Å². The zero-order chi connectivity index (χ0) is 15.5. The zero-order valence-corrected chi connectivity index (χ0v) is 13.1. The lowest BCUT2D eigenvalue weighted by molar-refractivity contribution is 0.394. The van der Waals surface area contributed by atoms with Crippen molar-refractivity contribution in [2.45, 2.75) is 13.3 Å². The molecule has 3 rings (SSSR count). The van der Waals surface area contributed by atoms with Crippen LogP contribution in [-0.4, -0.2) is 17.3 Å². The Morgan fingerprint density at radius 3 is 2.55 bits per heavy atom. The molecule has 3 aromatic rings. The van der Waals surface area contributed by atoms with Gasteiger partial charge in [0.1, 0.15) is 5.75 Å². The van der Waals surface area contributed by atoms with E-state index in [0.29, 0.717) is 11.7 Å². The summed E-state index contributed by atoms with van der Waals surface area (Å²) in [6.45, 7) is 1.78. The molecule has 0 radical (unpaired) electrons. The van der Waals surface area contributed by atoms with Crippen LogP contribution in [0.15, 0.2) is 47.0 Å². The van der Waals surface area contributed by atoms with Crippen LogP contribution >= 0.6 is 11.6 Å². The van der Waals surface area contributed by atoms with Crippen LogP contribution < -0.4 is 4.74 Å². The third-order valence-electron chi connectivity index (χ3n) is 3.39. The number of hydrogen-bond donors (Lipinski definition) is 0. The van der Waals surface area contributed by atoms with E-state index < -0.39 is 0 Å². The Bertz CT molecular complexity index is 782. The predicted molar refractivity (Wildman–Crippen MR) is 85.3 cm³/mol. The first-order chi connectivity index (χ1) is 10.7. The normalized spacial score (nSPS) is 10.7. The Hall–Kier alpha value is -2.33. The van der Waals surface area contributed by atoms with Crippen LogP contribution in [0.3, 0.4) is 0 Å². The zero-order valence-electron chi connectivity index (χ0n) is 12.3. The lowest BCUT2D eigenvalue weighted by Crippen LogP contribution is -1.95. The lowest BCUT2D eigenvalue weighted by Gasteiger charge is -2.09. The van der Waals surface area contributed by atoms with Crippen molar-refractivity contribution in [3.05, 3.63) is 64.5 Å². The minimum absolute atomic E-state index is 0.545. The van der Waals surface area contributed by atoms with Gasteiger partial charge in [0.2, 0.25) is 11.7 Å². The molecule has 0 aliphatic heterocycles. The van der Waals surface area contributed by atoms with Gasteiger partial charge in [-0.15, -0.1) is 0 Å². The molecular formula is C17H15ClN2O2. The van der Waals surface area contributed by atoms with Gasteiger partial charge in [0.25, 0.3) is 0 Å². The molecule has 0 amide bonds. The summed E-state index contributed by atoms with van der Waals surface area (Å²) in [6.07, 6.45) is 0.733. The molecular weight excluding hydrogens is 300 g/mol. The van der Waals surface area contributed by atoms with Crippen LogP contribution in [0, 0.1) is 6.92 Å². The number of ether oxygens (including phenoxy) is 1. The molecule has 2 aromatic carbocycles. The average Bonchev–Trinajstić information content (AvgIpc) is 2.96. The van der Waals surface area contributed by atoms with E-state index in [1.807, 2.05) is 42.5 Å². The van der Waals surface area contributed by atoms with Crippen molar-refractivity contribution in [2.75, 3.05) is 7.11 Å². The fourth-order valence-corrected chi connectivity index (χ4v) is 2.42. The van der Waals surface area contributed by atoms with E-state index in [1.165, 1.54) is 0 Å². The fraction of sp³-hybridized carbons (Fsp3) is 0.176. The summed E-state index contributed by atoms with van der Waals surface area (Å²) < 4.78 is 10.4. The lowest BCUT2D eigenvalue weighted by atomic mass is 9.99. The maximum Gasteiger partial charge on any atom is 0.223 e. The van der Waals surface area contributed by atoms with Gasteiger partial charge in [0.15, 0.2) is 0 Å². The number of aryl methyl sites for hydroxylation is 1. The van der Waals surface area contributed by atoms with Gasteiger partial charge >= 0.3 is 0 Å². The summed E-state index contributed by atoms with van der Waals surface area (Å²) in [5, 5.41) is 4.74. The Morgan fingerprint density at radius 1 is 1.14 bits per heavy atom. The molecule has 0 atom stereocenters. The molecule has 4 nitrogen and oxygen atoms in total. The van der Waals surface area contributed by atoms with Crippen molar-refractivity contribution in [2.24, 2.45) is 0 Å². The topological polar surface area (TPSA) is 48.2 Å². The van der Waals surface area contributed by atoms with Gasteiger partial charge in [-0.1, -0.05) is 28.9 Å². The van der Waals surface area contributed by atoms with E-state index in [2.05, 4.69) is 10.1 Å². The second-order valence-electron chi connectivity index (χ2n) is 4.96. The number of hydrogen-bond acceptors (Lipinski definition) is 4. The Kier molecular flexibility index (Phi) is 4.11. The van der Waals surface area contributed by atoms with Gasteiger partial charge in [0, 0.05) is 17.5 Å². The Balaban J connectivity index is 2.01. The van der Waals surface area contributed by atoms with Gasteiger partial charge in [-0.05, 0) is 47.9 Å². The summed E-state index contributed by atoms with van der Waals surface area (Å²) in [6, 6.07) is 13.6. The molecule has 0 N–H and O–H groups in total. The molecule has 0 bridgehead atoms. The summed E-state index contributed by atoms with van der Waals surface area (Å²) >= 11 is 5.94. The number of benzene rings is 2. The van der Waals surface area contributed by atoms with E-state index in [9.17, 15) is 0 Å². The summed E-state index contributed by atoms with van der Waals surface area (Å²) in [4.78, 5) is 4.31. The minimum atomic E-state index is 0.545. The van der Waals surface area contributed by atoms with E-state index in [-0.39, 0.29) is 0 Å². The summed E-state index contributed by atoms with van der Waals surface area (Å²) in [5.74, 6) is 1.93. The van der Waals surface area contributed by atoms with Crippen molar-refractivity contribution < 1.29 is 9.26 Å². The molecule has 0 fully saturated rings. The van der Waals surface area contributed by atoms with E-state index in [1.54, 1.807) is 14.0 Å². The fourth-order valence-electron chi connectivity index (χ4n) is 2.29.